The van der Waals surface area contributed by atoms with Gasteiger partial charge in [0.25, 0.3) is 0 Å². The molecule has 0 bridgehead atoms. The minimum absolute atomic E-state index is 0.283. The quantitative estimate of drug-likeness (QED) is 0.479. The molecule has 0 unspecified atom stereocenters. The molecule has 5 heteroatoms. The van der Waals surface area contributed by atoms with Crippen molar-refractivity contribution in [3.05, 3.63) is 5.21 Å². The molecule has 1 aliphatic rings. The molecule has 118 valence electrons. The molecule has 0 aromatic heterocycles. The molecule has 20 heavy (non-hydrogen) atoms. The molecule has 0 saturated carbocycles. The van der Waals surface area contributed by atoms with Crippen LogP contribution in [0.4, 0.5) is 0 Å². The number of carbonyl (C=O) groups is 1. The zero-order chi connectivity index (χ0) is 15.6. The van der Waals surface area contributed by atoms with Crippen molar-refractivity contribution >= 4 is 5.97 Å². The van der Waals surface area contributed by atoms with Gasteiger partial charge in [0.15, 0.2) is 0 Å². The van der Waals surface area contributed by atoms with Crippen LogP contribution in [0.2, 0.25) is 0 Å². The summed E-state index contributed by atoms with van der Waals surface area (Å²) >= 11 is 0. The lowest BCUT2D eigenvalue weighted by atomic mass is 9.79. The monoisotopic (exact) mass is 287 g/mol. The predicted molar refractivity (Wildman–Crippen MR) is 77.3 cm³/mol. The van der Waals surface area contributed by atoms with E-state index in [1.54, 1.807) is 27.7 Å². The van der Waals surface area contributed by atoms with E-state index in [9.17, 15) is 15.1 Å². The van der Waals surface area contributed by atoms with E-state index in [0.717, 1.165) is 19.3 Å². The summed E-state index contributed by atoms with van der Waals surface area (Å²) in [4.78, 5) is 16.3. The second-order valence-electron chi connectivity index (χ2n) is 7.16. The zero-order valence-corrected chi connectivity index (χ0v) is 13.4. The zero-order valence-electron chi connectivity index (χ0n) is 13.4. The van der Waals surface area contributed by atoms with Gasteiger partial charge in [0.05, 0.1) is 12.5 Å². The molecule has 0 spiro atoms. The minimum atomic E-state index is -1.01. The van der Waals surface area contributed by atoms with Crippen LogP contribution in [0.15, 0.2) is 0 Å². The average molecular weight is 287 g/mol. The standard InChI is InChI=1S/C15H29NO4/c1-6-7-8-9-13(18)20-16(19)14(2,3)10-12(17)11-15(16,4)5/h12,17H,6-11H2,1-5H3. The second-order valence-corrected chi connectivity index (χ2v) is 7.16. The maximum atomic E-state index is 13.2. The molecule has 1 N–H and O–H groups in total. The summed E-state index contributed by atoms with van der Waals surface area (Å²) in [6.45, 7) is 9.07. The van der Waals surface area contributed by atoms with Crippen molar-refractivity contribution in [3.8, 4) is 0 Å². The number of aliphatic hydroxyl groups is 1. The Bertz CT molecular complexity index is 334. The molecule has 1 aliphatic heterocycles. The third kappa shape index (κ3) is 3.32. The van der Waals surface area contributed by atoms with E-state index in [-0.39, 0.29) is 6.42 Å². The molecule has 5 nitrogen and oxygen atoms in total. The van der Waals surface area contributed by atoms with E-state index in [2.05, 4.69) is 6.92 Å². The van der Waals surface area contributed by atoms with Gasteiger partial charge in [-0.1, -0.05) is 19.8 Å². The normalized spacial score (nSPS) is 31.9. The van der Waals surface area contributed by atoms with Crippen LogP contribution in [0.1, 0.15) is 73.1 Å². The van der Waals surface area contributed by atoms with E-state index in [0.29, 0.717) is 12.8 Å². The van der Waals surface area contributed by atoms with Crippen LogP contribution in [-0.4, -0.2) is 33.1 Å². The molecule has 0 amide bonds. The molecular formula is C15H29NO4. The first-order chi connectivity index (χ1) is 9.06. The van der Waals surface area contributed by atoms with E-state index < -0.39 is 28.0 Å². The smallest absolute Gasteiger partial charge is 0.367 e. The van der Waals surface area contributed by atoms with Crippen LogP contribution in [0.3, 0.4) is 0 Å². The minimum Gasteiger partial charge on any atom is -0.588 e. The maximum absolute atomic E-state index is 13.2. The Morgan fingerprint density at radius 3 is 2.20 bits per heavy atom. The Morgan fingerprint density at radius 2 is 1.75 bits per heavy atom. The van der Waals surface area contributed by atoms with Gasteiger partial charge in [-0.2, -0.15) is 4.81 Å². The summed E-state index contributed by atoms with van der Waals surface area (Å²) in [5, 5.41) is 23.1. The van der Waals surface area contributed by atoms with Gasteiger partial charge in [-0.15, -0.1) is 0 Å². The number of hydrogen-bond acceptors (Lipinski definition) is 4. The SMILES string of the molecule is CCCCCC(=O)O[N+]1([O-])C(C)(C)CC(O)CC1(C)C. The van der Waals surface area contributed by atoms with Crippen LogP contribution in [0.25, 0.3) is 0 Å². The van der Waals surface area contributed by atoms with Gasteiger partial charge in [-0.3, -0.25) is 4.84 Å². The van der Waals surface area contributed by atoms with Crippen LogP contribution in [0, 0.1) is 5.21 Å². The number of unbranched alkanes of at least 4 members (excludes halogenated alkanes) is 2. The Morgan fingerprint density at radius 1 is 1.25 bits per heavy atom. The molecule has 1 rings (SSSR count). The second kappa shape index (κ2) is 6.00. The summed E-state index contributed by atoms with van der Waals surface area (Å²) in [5.74, 6) is -0.439. The first kappa shape index (κ1) is 17.4. The van der Waals surface area contributed by atoms with Crippen molar-refractivity contribution < 1.29 is 19.5 Å². The van der Waals surface area contributed by atoms with Crippen LogP contribution in [-0.2, 0) is 9.63 Å². The van der Waals surface area contributed by atoms with Gasteiger partial charge in [0.2, 0.25) is 0 Å². The Kier molecular flexibility index (Phi) is 5.22. The van der Waals surface area contributed by atoms with Crippen LogP contribution in [0.5, 0.6) is 0 Å². The van der Waals surface area contributed by atoms with Crippen molar-refractivity contribution in [2.75, 3.05) is 0 Å². The number of hydroxylamine groups is 4. The lowest BCUT2D eigenvalue weighted by molar-refractivity contribution is -1.13. The van der Waals surface area contributed by atoms with E-state index >= 15 is 0 Å². The summed E-state index contributed by atoms with van der Waals surface area (Å²) in [7, 11) is 0. The number of piperidine rings is 1. The lowest BCUT2D eigenvalue weighted by Crippen LogP contribution is -2.72. The van der Waals surface area contributed by atoms with Crippen molar-refractivity contribution in [2.45, 2.75) is 90.3 Å². The highest BCUT2D eigenvalue weighted by Gasteiger charge is 2.57. The summed E-state index contributed by atoms with van der Waals surface area (Å²) in [5.41, 5.74) is -1.69. The maximum Gasteiger partial charge on any atom is 0.367 e. The Balaban J connectivity index is 2.84. The molecular weight excluding hydrogens is 258 g/mol. The average Bonchev–Trinajstić information content (AvgIpc) is 2.25. The van der Waals surface area contributed by atoms with E-state index in [4.69, 9.17) is 4.84 Å². The summed E-state index contributed by atoms with van der Waals surface area (Å²) in [6, 6.07) is 0. The number of quaternary nitrogens is 1. The highest BCUT2D eigenvalue weighted by molar-refractivity contribution is 5.68. The number of hydrogen-bond donors (Lipinski definition) is 1. The molecule has 1 saturated heterocycles. The first-order valence-electron chi connectivity index (χ1n) is 7.56. The molecule has 0 atom stereocenters. The fraction of sp³-hybridized carbons (Fsp3) is 0.933. The van der Waals surface area contributed by atoms with Crippen molar-refractivity contribution in [3.63, 3.8) is 0 Å². The van der Waals surface area contributed by atoms with Crippen molar-refractivity contribution in [1.29, 1.82) is 0 Å². The van der Waals surface area contributed by atoms with Crippen LogP contribution >= 0.6 is 0 Å². The summed E-state index contributed by atoms with van der Waals surface area (Å²) in [6.07, 6.45) is 3.15. The lowest BCUT2D eigenvalue weighted by Gasteiger charge is -2.61. The highest BCUT2D eigenvalue weighted by atomic mass is 16.9. The number of carbonyl (C=O) groups excluding carboxylic acids is 1. The highest BCUT2D eigenvalue weighted by Crippen LogP contribution is 2.45. The van der Waals surface area contributed by atoms with Crippen molar-refractivity contribution in [1.82, 2.24) is 0 Å². The molecule has 0 aliphatic carbocycles. The number of rotatable bonds is 5. The van der Waals surface area contributed by atoms with Gasteiger partial charge >= 0.3 is 5.97 Å². The van der Waals surface area contributed by atoms with Gasteiger partial charge in [0, 0.05) is 12.8 Å². The van der Waals surface area contributed by atoms with Crippen LogP contribution < -0.4 is 0 Å². The predicted octanol–water partition coefficient (Wildman–Crippen LogP) is 3.05. The molecule has 1 fully saturated rings. The van der Waals surface area contributed by atoms with Gasteiger partial charge < -0.3 is 10.3 Å². The molecule has 0 radical (unpaired) electrons. The van der Waals surface area contributed by atoms with Gasteiger partial charge in [0.1, 0.15) is 11.1 Å². The van der Waals surface area contributed by atoms with Crippen molar-refractivity contribution in [2.24, 2.45) is 0 Å². The topological polar surface area (TPSA) is 69.6 Å². The number of nitrogens with zero attached hydrogens (tertiary/aromatic N) is 1. The first-order valence-corrected chi connectivity index (χ1v) is 7.56. The van der Waals surface area contributed by atoms with Gasteiger partial charge in [-0.05, 0) is 34.1 Å². The third-order valence-corrected chi connectivity index (χ3v) is 4.28. The number of aliphatic hydroxyl groups excluding tert-OH is 1. The Labute approximate surface area is 122 Å². The fourth-order valence-corrected chi connectivity index (χ4v) is 3.24. The fourth-order valence-electron chi connectivity index (χ4n) is 3.24. The van der Waals surface area contributed by atoms with Gasteiger partial charge in [-0.25, -0.2) is 4.79 Å². The Hall–Kier alpha value is -0.650. The molecule has 0 aromatic carbocycles. The van der Waals surface area contributed by atoms with E-state index in [1.807, 2.05) is 0 Å². The molecule has 1 heterocycles. The third-order valence-electron chi connectivity index (χ3n) is 4.28. The van der Waals surface area contributed by atoms with E-state index in [1.165, 1.54) is 0 Å². The largest absolute Gasteiger partial charge is 0.588 e. The molecule has 0 aromatic rings. The summed E-state index contributed by atoms with van der Waals surface area (Å²) < 4.78 is 0.